The van der Waals surface area contributed by atoms with Crippen molar-refractivity contribution in [3.63, 3.8) is 0 Å². The van der Waals surface area contributed by atoms with Crippen LogP contribution in [0.2, 0.25) is 0 Å². The van der Waals surface area contributed by atoms with Gasteiger partial charge < -0.3 is 18.9 Å². The van der Waals surface area contributed by atoms with E-state index in [-0.39, 0.29) is 13.2 Å². The van der Waals surface area contributed by atoms with Crippen molar-refractivity contribution in [3.8, 4) is 23.0 Å². The summed E-state index contributed by atoms with van der Waals surface area (Å²) in [6, 6.07) is 14.1. The number of hydrazine groups is 1. The Morgan fingerprint density at radius 3 is 1.50 bits per heavy atom. The van der Waals surface area contributed by atoms with Crippen LogP contribution in [0.1, 0.15) is 0 Å². The lowest BCUT2D eigenvalue weighted by Gasteiger charge is -2.27. The first kappa shape index (κ1) is 16.1. The van der Waals surface area contributed by atoms with Gasteiger partial charge in [0.1, 0.15) is 13.2 Å². The molecule has 0 saturated heterocycles. The first-order valence-electron chi connectivity index (χ1n) is 8.07. The zero-order valence-corrected chi connectivity index (χ0v) is 13.6. The van der Waals surface area contributed by atoms with Gasteiger partial charge in [-0.25, -0.2) is 0 Å². The highest BCUT2D eigenvalue weighted by atomic mass is 16.6. The molecule has 0 spiro atoms. The van der Waals surface area contributed by atoms with Crippen LogP contribution in [0.4, 0.5) is 0 Å². The molecule has 2 heterocycles. The maximum absolute atomic E-state index is 12.2. The zero-order chi connectivity index (χ0) is 17.9. The number of hydrogen-bond donors (Lipinski definition) is 2. The van der Waals surface area contributed by atoms with Gasteiger partial charge in [0.25, 0.3) is 11.8 Å². The minimum Gasteiger partial charge on any atom is -0.485 e. The number of para-hydroxylation sites is 4. The third-order valence-corrected chi connectivity index (χ3v) is 3.91. The number of carbonyl (C=O) groups is 2. The lowest BCUT2D eigenvalue weighted by atomic mass is 10.2. The van der Waals surface area contributed by atoms with E-state index >= 15 is 0 Å². The second kappa shape index (κ2) is 6.83. The summed E-state index contributed by atoms with van der Waals surface area (Å²) in [5.74, 6) is 1.06. The van der Waals surface area contributed by atoms with Crippen LogP contribution in [-0.2, 0) is 9.59 Å². The minimum atomic E-state index is -0.866. The predicted molar refractivity (Wildman–Crippen MR) is 89.0 cm³/mol. The average molecular weight is 356 g/mol. The standard InChI is InChI=1S/C18H16N2O6/c21-17(15-9-23-11-5-1-3-7-13(11)25-15)19-20-18(22)16-10-24-12-6-2-4-8-14(12)26-16/h1-8,15-16H,9-10H2,(H,19,21)(H,20,22)/t15-,16-/m0/s1. The Hall–Kier alpha value is -3.42. The molecule has 2 aliphatic heterocycles. The molecular formula is C18H16N2O6. The highest BCUT2D eigenvalue weighted by Gasteiger charge is 2.30. The molecule has 0 bridgehead atoms. The number of amides is 2. The van der Waals surface area contributed by atoms with E-state index in [1.54, 1.807) is 36.4 Å². The SMILES string of the molecule is O=C(NNC(=O)[C@@H]1COc2ccccc2O1)[C@@H]1COc2ccccc2O1. The smallest absolute Gasteiger partial charge is 0.283 e. The molecule has 4 rings (SSSR count). The summed E-state index contributed by atoms with van der Waals surface area (Å²) in [4.78, 5) is 24.4. The van der Waals surface area contributed by atoms with Crippen LogP contribution in [0, 0.1) is 0 Å². The molecule has 0 saturated carbocycles. The number of nitrogens with one attached hydrogen (secondary N) is 2. The van der Waals surface area contributed by atoms with E-state index in [1.165, 1.54) is 0 Å². The van der Waals surface area contributed by atoms with E-state index in [0.29, 0.717) is 23.0 Å². The molecule has 2 aromatic carbocycles. The monoisotopic (exact) mass is 356 g/mol. The molecule has 2 atom stereocenters. The summed E-state index contributed by atoms with van der Waals surface area (Å²) in [6.07, 6.45) is -1.73. The van der Waals surface area contributed by atoms with Crippen LogP contribution in [0.5, 0.6) is 23.0 Å². The van der Waals surface area contributed by atoms with Crippen LogP contribution >= 0.6 is 0 Å². The fourth-order valence-corrected chi connectivity index (χ4v) is 2.58. The van der Waals surface area contributed by atoms with Crippen molar-refractivity contribution < 1.29 is 28.5 Å². The molecule has 8 nitrogen and oxygen atoms in total. The molecule has 0 aromatic heterocycles. The van der Waals surface area contributed by atoms with E-state index < -0.39 is 24.0 Å². The highest BCUT2D eigenvalue weighted by molar-refractivity contribution is 5.87. The van der Waals surface area contributed by atoms with E-state index in [1.807, 2.05) is 12.1 Å². The van der Waals surface area contributed by atoms with Gasteiger partial charge in [-0.3, -0.25) is 20.4 Å². The Morgan fingerprint density at radius 1 is 0.692 bits per heavy atom. The highest BCUT2D eigenvalue weighted by Crippen LogP contribution is 2.31. The summed E-state index contributed by atoms with van der Waals surface area (Å²) in [6.45, 7) is 0.101. The van der Waals surface area contributed by atoms with E-state index in [4.69, 9.17) is 18.9 Å². The fourth-order valence-electron chi connectivity index (χ4n) is 2.58. The third kappa shape index (κ3) is 3.21. The first-order chi connectivity index (χ1) is 12.7. The van der Waals surface area contributed by atoms with Gasteiger partial charge in [0.15, 0.2) is 23.0 Å². The minimum absolute atomic E-state index is 0.0507. The quantitative estimate of drug-likeness (QED) is 0.774. The molecule has 2 amide bonds. The zero-order valence-electron chi connectivity index (χ0n) is 13.6. The summed E-state index contributed by atoms with van der Waals surface area (Å²) in [5.41, 5.74) is 4.65. The Morgan fingerprint density at radius 2 is 1.08 bits per heavy atom. The van der Waals surface area contributed by atoms with Gasteiger partial charge >= 0.3 is 0 Å². The molecule has 2 N–H and O–H groups in total. The largest absolute Gasteiger partial charge is 0.485 e. The van der Waals surface area contributed by atoms with E-state index in [0.717, 1.165) is 0 Å². The Labute approximate surface area is 149 Å². The molecule has 134 valence electrons. The second-order valence-electron chi connectivity index (χ2n) is 5.71. The van der Waals surface area contributed by atoms with Gasteiger partial charge in [0.2, 0.25) is 12.2 Å². The molecule has 0 unspecified atom stereocenters. The number of carbonyl (C=O) groups excluding carboxylic acids is 2. The average Bonchev–Trinajstić information content (AvgIpc) is 2.71. The summed E-state index contributed by atoms with van der Waals surface area (Å²) in [7, 11) is 0. The van der Waals surface area contributed by atoms with Crippen molar-refractivity contribution in [1.29, 1.82) is 0 Å². The van der Waals surface area contributed by atoms with Crippen LogP contribution in [0.15, 0.2) is 48.5 Å². The number of ether oxygens (including phenoxy) is 4. The number of benzene rings is 2. The summed E-state index contributed by atoms with van der Waals surface area (Å²) in [5, 5.41) is 0. The number of rotatable bonds is 2. The van der Waals surface area contributed by atoms with Gasteiger partial charge in [-0.2, -0.15) is 0 Å². The van der Waals surface area contributed by atoms with Crippen LogP contribution in [0.25, 0.3) is 0 Å². The normalized spacial score (nSPS) is 20.0. The number of hydrogen-bond acceptors (Lipinski definition) is 6. The van der Waals surface area contributed by atoms with Crippen LogP contribution in [0.3, 0.4) is 0 Å². The molecule has 0 fully saturated rings. The van der Waals surface area contributed by atoms with Crippen molar-refractivity contribution in [1.82, 2.24) is 10.9 Å². The third-order valence-electron chi connectivity index (χ3n) is 3.91. The van der Waals surface area contributed by atoms with Crippen molar-refractivity contribution in [3.05, 3.63) is 48.5 Å². The first-order valence-corrected chi connectivity index (χ1v) is 8.07. The summed E-state index contributed by atoms with van der Waals surface area (Å²) >= 11 is 0. The number of fused-ring (bicyclic) bond motifs is 2. The van der Waals surface area contributed by atoms with Gasteiger partial charge in [0, 0.05) is 0 Å². The van der Waals surface area contributed by atoms with E-state index in [9.17, 15) is 9.59 Å². The van der Waals surface area contributed by atoms with Crippen molar-refractivity contribution in [2.24, 2.45) is 0 Å². The van der Waals surface area contributed by atoms with Crippen molar-refractivity contribution >= 4 is 11.8 Å². The molecule has 2 aromatic rings. The Balaban J connectivity index is 1.30. The van der Waals surface area contributed by atoms with Gasteiger partial charge in [0.05, 0.1) is 0 Å². The molecule has 0 radical (unpaired) electrons. The van der Waals surface area contributed by atoms with Gasteiger partial charge in [-0.15, -0.1) is 0 Å². The van der Waals surface area contributed by atoms with Crippen LogP contribution in [-0.4, -0.2) is 37.2 Å². The Kier molecular flexibility index (Phi) is 4.22. The second-order valence-corrected chi connectivity index (χ2v) is 5.71. The molecule has 2 aliphatic rings. The Bertz CT molecular complexity index is 770. The maximum atomic E-state index is 12.2. The molecule has 8 heteroatoms. The maximum Gasteiger partial charge on any atom is 0.283 e. The van der Waals surface area contributed by atoms with Crippen molar-refractivity contribution in [2.75, 3.05) is 13.2 Å². The lowest BCUT2D eigenvalue weighted by molar-refractivity contribution is -0.138. The van der Waals surface area contributed by atoms with E-state index in [2.05, 4.69) is 10.9 Å². The molecular weight excluding hydrogens is 340 g/mol. The van der Waals surface area contributed by atoms with Gasteiger partial charge in [-0.05, 0) is 24.3 Å². The predicted octanol–water partition coefficient (Wildman–Crippen LogP) is 0.814. The van der Waals surface area contributed by atoms with Crippen LogP contribution < -0.4 is 29.8 Å². The molecule has 0 aliphatic carbocycles. The molecule has 26 heavy (non-hydrogen) atoms. The fraction of sp³-hybridized carbons (Fsp3) is 0.222. The van der Waals surface area contributed by atoms with Crippen molar-refractivity contribution in [2.45, 2.75) is 12.2 Å². The summed E-state index contributed by atoms with van der Waals surface area (Å²) < 4.78 is 22.1. The lowest BCUT2D eigenvalue weighted by Crippen LogP contribution is -2.55. The van der Waals surface area contributed by atoms with Gasteiger partial charge in [-0.1, -0.05) is 24.3 Å². The topological polar surface area (TPSA) is 95.1 Å².